The molecule has 0 saturated carbocycles. The van der Waals surface area contributed by atoms with E-state index in [4.69, 9.17) is 20.8 Å². The van der Waals surface area contributed by atoms with Gasteiger partial charge in [-0.05, 0) is 63.1 Å². The molecule has 1 N–H and O–H groups in total. The predicted molar refractivity (Wildman–Crippen MR) is 99.6 cm³/mol. The first-order valence-corrected chi connectivity index (χ1v) is 9.46. The molecule has 2 unspecified atom stereocenters. The van der Waals surface area contributed by atoms with Crippen molar-refractivity contribution in [3.8, 4) is 5.75 Å². The van der Waals surface area contributed by atoms with Crippen LogP contribution in [0.5, 0.6) is 5.75 Å². The highest BCUT2D eigenvalue weighted by atomic mass is 35.5. The highest BCUT2D eigenvalue weighted by molar-refractivity contribution is 6.30. The van der Waals surface area contributed by atoms with Gasteiger partial charge in [-0.2, -0.15) is 0 Å². The third-order valence-electron chi connectivity index (χ3n) is 5.50. The number of carbonyl (C=O) groups excluding carboxylic acids is 1. The molecule has 2 aromatic rings. The van der Waals surface area contributed by atoms with Crippen molar-refractivity contribution in [1.29, 1.82) is 0 Å². The van der Waals surface area contributed by atoms with Crippen LogP contribution < -0.4 is 10.1 Å². The van der Waals surface area contributed by atoms with Crippen molar-refractivity contribution in [2.45, 2.75) is 50.4 Å². The Kier molecular flexibility index (Phi) is 4.92. The van der Waals surface area contributed by atoms with E-state index in [2.05, 4.69) is 17.3 Å². The van der Waals surface area contributed by atoms with Crippen molar-refractivity contribution in [3.63, 3.8) is 0 Å². The average Bonchev–Trinajstić information content (AvgIpc) is 3.16. The number of piperidine rings is 1. The van der Waals surface area contributed by atoms with Gasteiger partial charge >= 0.3 is 0 Å². The Morgan fingerprint density at radius 3 is 2.77 bits per heavy atom. The van der Waals surface area contributed by atoms with E-state index in [0.717, 1.165) is 12.8 Å². The molecule has 138 valence electrons. The van der Waals surface area contributed by atoms with Gasteiger partial charge < -0.3 is 19.4 Å². The van der Waals surface area contributed by atoms with Crippen molar-refractivity contribution in [2.75, 3.05) is 7.05 Å². The number of carbonyl (C=O) groups is 1. The molecule has 2 fully saturated rings. The van der Waals surface area contributed by atoms with Crippen molar-refractivity contribution in [2.24, 2.45) is 0 Å². The summed E-state index contributed by atoms with van der Waals surface area (Å²) in [4.78, 5) is 14.9. The maximum Gasteiger partial charge on any atom is 0.287 e. The predicted octanol–water partition coefficient (Wildman–Crippen LogP) is 3.87. The number of nitrogens with zero attached hydrogens (tertiary/aromatic N) is 1. The summed E-state index contributed by atoms with van der Waals surface area (Å²) >= 11 is 5.94. The fourth-order valence-corrected chi connectivity index (χ4v) is 4.25. The summed E-state index contributed by atoms with van der Waals surface area (Å²) in [6.45, 7) is 0.256. The first kappa shape index (κ1) is 17.4. The summed E-state index contributed by atoms with van der Waals surface area (Å²) in [6.07, 6.45) is 4.51. The number of halogens is 1. The van der Waals surface area contributed by atoms with E-state index in [1.54, 1.807) is 24.3 Å². The molecule has 2 saturated heterocycles. The monoisotopic (exact) mass is 374 g/mol. The highest BCUT2D eigenvalue weighted by Crippen LogP contribution is 2.34. The van der Waals surface area contributed by atoms with Crippen LogP contribution in [0.2, 0.25) is 5.02 Å². The second-order valence-electron chi connectivity index (χ2n) is 7.20. The topological polar surface area (TPSA) is 54.7 Å². The second-order valence-corrected chi connectivity index (χ2v) is 7.64. The normalized spacial score (nSPS) is 25.2. The van der Waals surface area contributed by atoms with Gasteiger partial charge in [0.1, 0.15) is 18.1 Å². The van der Waals surface area contributed by atoms with Gasteiger partial charge in [-0.3, -0.25) is 4.79 Å². The lowest BCUT2D eigenvalue weighted by molar-refractivity contribution is 0.0851. The summed E-state index contributed by atoms with van der Waals surface area (Å²) in [5.41, 5.74) is 0. The quantitative estimate of drug-likeness (QED) is 0.863. The molecule has 3 heterocycles. The molecule has 1 aromatic heterocycles. The van der Waals surface area contributed by atoms with E-state index < -0.39 is 0 Å². The van der Waals surface area contributed by atoms with Gasteiger partial charge in [-0.25, -0.2) is 0 Å². The number of nitrogens with one attached hydrogen (secondary N) is 1. The standard InChI is InChI=1S/C20H23ClN2O3/c1-23-15-5-6-16(23)11-14(10-15)22-20(24)19-8-7-18(26-19)12-25-17-4-2-3-13(21)9-17/h2-4,7-9,14-16H,5-6,10-12H2,1H3,(H,22,24). The largest absolute Gasteiger partial charge is 0.486 e. The number of furan rings is 1. The smallest absolute Gasteiger partial charge is 0.287 e. The molecule has 1 amide bonds. The van der Waals surface area contributed by atoms with E-state index in [1.165, 1.54) is 12.8 Å². The van der Waals surface area contributed by atoms with E-state index in [0.29, 0.717) is 34.4 Å². The van der Waals surface area contributed by atoms with Gasteiger partial charge in [0, 0.05) is 23.1 Å². The lowest BCUT2D eigenvalue weighted by Gasteiger charge is -2.36. The summed E-state index contributed by atoms with van der Waals surface area (Å²) in [5.74, 6) is 1.47. The van der Waals surface area contributed by atoms with Crippen molar-refractivity contribution < 1.29 is 13.9 Å². The number of benzene rings is 1. The molecule has 6 heteroatoms. The average molecular weight is 375 g/mol. The second kappa shape index (κ2) is 7.33. The Morgan fingerprint density at radius 2 is 2.04 bits per heavy atom. The zero-order chi connectivity index (χ0) is 18.1. The van der Waals surface area contributed by atoms with Crippen LogP contribution in [0.15, 0.2) is 40.8 Å². The van der Waals surface area contributed by atoms with Gasteiger partial charge in [0.25, 0.3) is 5.91 Å². The number of ether oxygens (including phenoxy) is 1. The van der Waals surface area contributed by atoms with Gasteiger partial charge in [0.05, 0.1) is 0 Å². The molecular weight excluding hydrogens is 352 g/mol. The number of hydrogen-bond acceptors (Lipinski definition) is 4. The molecule has 2 bridgehead atoms. The van der Waals surface area contributed by atoms with Crippen LogP contribution in [-0.4, -0.2) is 36.0 Å². The van der Waals surface area contributed by atoms with Crippen LogP contribution in [-0.2, 0) is 6.61 Å². The van der Waals surface area contributed by atoms with E-state index in [9.17, 15) is 4.79 Å². The molecule has 1 aromatic carbocycles. The Labute approximate surface area is 158 Å². The number of fused-ring (bicyclic) bond motifs is 2. The minimum absolute atomic E-state index is 0.145. The van der Waals surface area contributed by atoms with Crippen molar-refractivity contribution in [3.05, 3.63) is 52.9 Å². The third-order valence-corrected chi connectivity index (χ3v) is 5.73. The van der Waals surface area contributed by atoms with Crippen LogP contribution in [0.3, 0.4) is 0 Å². The molecule has 2 aliphatic heterocycles. The Bertz CT molecular complexity index is 777. The van der Waals surface area contributed by atoms with Crippen molar-refractivity contribution >= 4 is 17.5 Å². The summed E-state index contributed by atoms with van der Waals surface area (Å²) in [5, 5.41) is 3.75. The van der Waals surface area contributed by atoms with Crippen LogP contribution in [0, 0.1) is 0 Å². The molecule has 4 rings (SSSR count). The fraction of sp³-hybridized carbons (Fsp3) is 0.450. The Morgan fingerprint density at radius 1 is 1.27 bits per heavy atom. The molecule has 0 radical (unpaired) electrons. The lowest BCUT2D eigenvalue weighted by Crippen LogP contribution is -2.48. The third kappa shape index (κ3) is 3.74. The summed E-state index contributed by atoms with van der Waals surface area (Å²) in [6, 6.07) is 12.1. The summed E-state index contributed by atoms with van der Waals surface area (Å²) < 4.78 is 11.3. The lowest BCUT2D eigenvalue weighted by atomic mass is 9.98. The maximum atomic E-state index is 12.5. The molecule has 2 atom stereocenters. The Hall–Kier alpha value is -1.98. The van der Waals surface area contributed by atoms with E-state index in [-0.39, 0.29) is 18.6 Å². The number of hydrogen-bond donors (Lipinski definition) is 1. The van der Waals surface area contributed by atoms with Gasteiger partial charge in [-0.15, -0.1) is 0 Å². The first-order chi connectivity index (χ1) is 12.6. The molecular formula is C20H23ClN2O3. The molecule has 2 aliphatic rings. The zero-order valence-corrected chi connectivity index (χ0v) is 15.5. The number of amides is 1. The molecule has 5 nitrogen and oxygen atoms in total. The van der Waals surface area contributed by atoms with Gasteiger partial charge in [0.2, 0.25) is 0 Å². The minimum atomic E-state index is -0.145. The molecule has 26 heavy (non-hydrogen) atoms. The van der Waals surface area contributed by atoms with E-state index >= 15 is 0 Å². The van der Waals surface area contributed by atoms with Crippen LogP contribution in [0.1, 0.15) is 42.0 Å². The van der Waals surface area contributed by atoms with Gasteiger partial charge in [-0.1, -0.05) is 17.7 Å². The zero-order valence-electron chi connectivity index (χ0n) is 14.8. The highest BCUT2D eigenvalue weighted by Gasteiger charge is 2.39. The summed E-state index contributed by atoms with van der Waals surface area (Å²) in [7, 11) is 2.19. The van der Waals surface area contributed by atoms with Crippen LogP contribution in [0.25, 0.3) is 0 Å². The SMILES string of the molecule is CN1C2CCC1CC(NC(=O)c1ccc(COc3cccc(Cl)c3)o1)C2. The van der Waals surface area contributed by atoms with E-state index in [1.807, 2.05) is 12.1 Å². The molecule has 0 aliphatic carbocycles. The molecule has 0 spiro atoms. The first-order valence-electron chi connectivity index (χ1n) is 9.08. The van der Waals surface area contributed by atoms with Gasteiger partial charge in [0.15, 0.2) is 5.76 Å². The van der Waals surface area contributed by atoms with Crippen LogP contribution in [0.4, 0.5) is 0 Å². The van der Waals surface area contributed by atoms with Crippen molar-refractivity contribution in [1.82, 2.24) is 10.2 Å². The Balaban J connectivity index is 1.32. The maximum absolute atomic E-state index is 12.5. The minimum Gasteiger partial charge on any atom is -0.486 e. The fourth-order valence-electron chi connectivity index (χ4n) is 4.07. The number of rotatable bonds is 5. The van der Waals surface area contributed by atoms with Crippen LogP contribution >= 0.6 is 11.6 Å².